The molecular weight excluding hydrogens is 313 g/mol. The molecule has 102 valence electrons. The number of benzene rings is 1. The zero-order valence-corrected chi connectivity index (χ0v) is 12.3. The summed E-state index contributed by atoms with van der Waals surface area (Å²) in [5.74, 6) is 0.278. The summed E-state index contributed by atoms with van der Waals surface area (Å²) in [5, 5.41) is 4.21. The van der Waals surface area contributed by atoms with E-state index in [0.717, 1.165) is 10.2 Å². The summed E-state index contributed by atoms with van der Waals surface area (Å²) in [6.45, 7) is 2.63. The number of nitrogens with zero attached hydrogens (tertiary/aromatic N) is 2. The molecular formula is C13H15BrFN3O. The topological polar surface area (TPSA) is 53.1 Å². The Balaban J connectivity index is 2.51. The Morgan fingerprint density at radius 2 is 2.26 bits per heavy atom. The number of methoxy groups -OCH3 is 1. The van der Waals surface area contributed by atoms with Gasteiger partial charge in [-0.25, -0.2) is 4.39 Å². The van der Waals surface area contributed by atoms with E-state index in [1.807, 2.05) is 6.92 Å². The third kappa shape index (κ3) is 2.64. The van der Waals surface area contributed by atoms with Crippen LogP contribution in [0.3, 0.4) is 0 Å². The van der Waals surface area contributed by atoms with Crippen molar-refractivity contribution in [2.24, 2.45) is 5.73 Å². The Hall–Kier alpha value is -1.40. The van der Waals surface area contributed by atoms with Gasteiger partial charge in [-0.3, -0.25) is 4.68 Å². The summed E-state index contributed by atoms with van der Waals surface area (Å²) >= 11 is 3.39. The van der Waals surface area contributed by atoms with Crippen molar-refractivity contribution in [2.45, 2.75) is 19.5 Å². The molecule has 0 saturated carbocycles. The van der Waals surface area contributed by atoms with Gasteiger partial charge in [0.2, 0.25) is 0 Å². The van der Waals surface area contributed by atoms with Gasteiger partial charge in [-0.05, 0) is 30.7 Å². The average Bonchev–Trinajstić information content (AvgIpc) is 2.83. The second-order valence-corrected chi connectivity index (χ2v) is 4.91. The molecule has 19 heavy (non-hydrogen) atoms. The minimum Gasteiger partial charge on any atom is -0.493 e. The van der Waals surface area contributed by atoms with Crippen LogP contribution >= 0.6 is 15.9 Å². The quantitative estimate of drug-likeness (QED) is 0.939. The van der Waals surface area contributed by atoms with E-state index < -0.39 is 6.04 Å². The number of hydrogen-bond acceptors (Lipinski definition) is 3. The Morgan fingerprint density at radius 1 is 1.53 bits per heavy atom. The highest BCUT2D eigenvalue weighted by Gasteiger charge is 2.22. The molecule has 1 unspecified atom stereocenters. The first kappa shape index (κ1) is 14.0. The minimum atomic E-state index is -0.512. The predicted octanol–water partition coefficient (Wildman–Crippen LogP) is 2.86. The molecule has 2 aromatic rings. The summed E-state index contributed by atoms with van der Waals surface area (Å²) < 4.78 is 21.2. The van der Waals surface area contributed by atoms with E-state index in [-0.39, 0.29) is 5.82 Å². The van der Waals surface area contributed by atoms with Gasteiger partial charge in [-0.2, -0.15) is 5.10 Å². The second-order valence-electron chi connectivity index (χ2n) is 4.06. The fourth-order valence-electron chi connectivity index (χ4n) is 2.00. The van der Waals surface area contributed by atoms with Gasteiger partial charge in [-0.1, -0.05) is 15.9 Å². The average molecular weight is 328 g/mol. The molecule has 1 aromatic heterocycles. The molecule has 2 rings (SSSR count). The van der Waals surface area contributed by atoms with Crippen LogP contribution in [0, 0.1) is 5.82 Å². The molecule has 2 N–H and O–H groups in total. The van der Waals surface area contributed by atoms with Crippen LogP contribution in [0.25, 0.3) is 0 Å². The fraction of sp³-hybridized carbons (Fsp3) is 0.308. The molecule has 0 radical (unpaired) electrons. The van der Waals surface area contributed by atoms with Crippen LogP contribution in [-0.4, -0.2) is 16.9 Å². The highest BCUT2D eigenvalue weighted by atomic mass is 79.9. The first-order valence-corrected chi connectivity index (χ1v) is 6.68. The third-order valence-corrected chi connectivity index (χ3v) is 3.67. The molecule has 1 atom stereocenters. The van der Waals surface area contributed by atoms with Crippen LogP contribution < -0.4 is 10.5 Å². The van der Waals surface area contributed by atoms with E-state index in [4.69, 9.17) is 10.5 Å². The van der Waals surface area contributed by atoms with Gasteiger partial charge in [0.25, 0.3) is 0 Å². The van der Waals surface area contributed by atoms with Crippen LogP contribution in [0.15, 0.2) is 28.9 Å². The number of aryl methyl sites for hydroxylation is 1. The zero-order chi connectivity index (χ0) is 14.0. The number of nitrogens with two attached hydrogens (primary N) is 1. The number of ether oxygens (including phenoxy) is 1. The first-order chi connectivity index (χ1) is 9.08. The van der Waals surface area contributed by atoms with E-state index in [9.17, 15) is 4.39 Å². The van der Waals surface area contributed by atoms with E-state index in [1.165, 1.54) is 12.1 Å². The lowest BCUT2D eigenvalue weighted by atomic mass is 10.0. The largest absolute Gasteiger partial charge is 0.493 e. The maximum atomic E-state index is 13.4. The van der Waals surface area contributed by atoms with Crippen molar-refractivity contribution in [2.75, 3.05) is 7.11 Å². The fourth-order valence-corrected chi connectivity index (χ4v) is 2.49. The van der Waals surface area contributed by atoms with Crippen molar-refractivity contribution < 1.29 is 9.13 Å². The standard InChI is InChI=1S/C13H15BrFN3O/c1-3-18-13(11(19-2)7-17-18)12(16)9-6-8(15)4-5-10(9)14/h4-7,12H,3,16H2,1-2H3. The normalized spacial score (nSPS) is 12.5. The van der Waals surface area contributed by atoms with Crippen LogP contribution in [0.1, 0.15) is 24.2 Å². The first-order valence-electron chi connectivity index (χ1n) is 5.88. The van der Waals surface area contributed by atoms with E-state index in [0.29, 0.717) is 17.9 Å². The van der Waals surface area contributed by atoms with Gasteiger partial charge in [0.15, 0.2) is 5.75 Å². The monoisotopic (exact) mass is 327 g/mol. The lowest BCUT2D eigenvalue weighted by molar-refractivity contribution is 0.404. The molecule has 1 aromatic carbocycles. The smallest absolute Gasteiger partial charge is 0.161 e. The van der Waals surface area contributed by atoms with Gasteiger partial charge in [0, 0.05) is 11.0 Å². The van der Waals surface area contributed by atoms with E-state index in [1.54, 1.807) is 24.1 Å². The van der Waals surface area contributed by atoms with Crippen molar-refractivity contribution in [3.63, 3.8) is 0 Å². The Labute approximate surface area is 119 Å². The van der Waals surface area contributed by atoms with Crippen molar-refractivity contribution in [3.8, 4) is 5.75 Å². The minimum absolute atomic E-state index is 0.324. The highest BCUT2D eigenvalue weighted by molar-refractivity contribution is 9.10. The molecule has 1 heterocycles. The van der Waals surface area contributed by atoms with Crippen molar-refractivity contribution in [1.82, 2.24) is 9.78 Å². The number of rotatable bonds is 4. The molecule has 4 nitrogen and oxygen atoms in total. The van der Waals surface area contributed by atoms with Crippen LogP contribution in [-0.2, 0) is 6.54 Å². The Morgan fingerprint density at radius 3 is 2.89 bits per heavy atom. The maximum absolute atomic E-state index is 13.4. The number of hydrogen-bond donors (Lipinski definition) is 1. The summed E-state index contributed by atoms with van der Waals surface area (Å²) in [4.78, 5) is 0. The predicted molar refractivity (Wildman–Crippen MR) is 74.6 cm³/mol. The number of halogens is 2. The van der Waals surface area contributed by atoms with Crippen molar-refractivity contribution in [1.29, 1.82) is 0 Å². The van der Waals surface area contributed by atoms with E-state index in [2.05, 4.69) is 21.0 Å². The Kier molecular flexibility index (Phi) is 4.21. The van der Waals surface area contributed by atoms with Gasteiger partial charge >= 0.3 is 0 Å². The van der Waals surface area contributed by atoms with Gasteiger partial charge in [-0.15, -0.1) is 0 Å². The highest BCUT2D eigenvalue weighted by Crippen LogP contribution is 2.32. The lowest BCUT2D eigenvalue weighted by Gasteiger charge is -2.17. The molecule has 0 amide bonds. The van der Waals surface area contributed by atoms with Crippen molar-refractivity contribution in [3.05, 3.63) is 45.9 Å². The van der Waals surface area contributed by atoms with Gasteiger partial charge in [0.1, 0.15) is 11.5 Å². The summed E-state index contributed by atoms with van der Waals surface area (Å²) in [6.07, 6.45) is 1.62. The van der Waals surface area contributed by atoms with E-state index >= 15 is 0 Å². The summed E-state index contributed by atoms with van der Waals surface area (Å²) in [6, 6.07) is 3.93. The summed E-state index contributed by atoms with van der Waals surface area (Å²) in [5.41, 5.74) is 7.64. The van der Waals surface area contributed by atoms with Crippen LogP contribution in [0.5, 0.6) is 5.75 Å². The molecule has 0 aliphatic heterocycles. The van der Waals surface area contributed by atoms with Gasteiger partial charge < -0.3 is 10.5 Å². The zero-order valence-electron chi connectivity index (χ0n) is 10.7. The SMILES string of the molecule is CCn1ncc(OC)c1C(N)c1cc(F)ccc1Br. The second kappa shape index (κ2) is 5.71. The molecule has 0 bridgehead atoms. The third-order valence-electron chi connectivity index (χ3n) is 2.95. The van der Waals surface area contributed by atoms with Crippen LogP contribution in [0.2, 0.25) is 0 Å². The van der Waals surface area contributed by atoms with Gasteiger partial charge in [0.05, 0.1) is 19.3 Å². The molecule has 0 saturated heterocycles. The van der Waals surface area contributed by atoms with Crippen molar-refractivity contribution >= 4 is 15.9 Å². The Bertz CT molecular complexity index is 564. The van der Waals surface area contributed by atoms with Crippen LogP contribution in [0.4, 0.5) is 4.39 Å². The molecule has 0 spiro atoms. The number of aromatic nitrogens is 2. The summed E-state index contributed by atoms with van der Waals surface area (Å²) in [7, 11) is 1.56. The molecule has 6 heteroatoms. The maximum Gasteiger partial charge on any atom is 0.161 e. The molecule has 0 aliphatic rings. The molecule has 0 fully saturated rings. The molecule has 0 aliphatic carbocycles. The lowest BCUT2D eigenvalue weighted by Crippen LogP contribution is -2.18.